The van der Waals surface area contributed by atoms with E-state index in [9.17, 15) is 5.11 Å². The largest absolute Gasteiger partial charge is 0.393 e. The predicted molar refractivity (Wildman–Crippen MR) is 138 cm³/mol. The minimum absolute atomic E-state index is 0.0817. The lowest BCUT2D eigenvalue weighted by Gasteiger charge is -2.63. The first-order valence-electron chi connectivity index (χ1n) is 14.9. The van der Waals surface area contributed by atoms with E-state index >= 15 is 0 Å². The second kappa shape index (κ2) is 6.44. The average Bonchev–Trinajstić information content (AvgIpc) is 3.50. The summed E-state index contributed by atoms with van der Waals surface area (Å²) in [4.78, 5) is 0. The van der Waals surface area contributed by atoms with Gasteiger partial charge >= 0.3 is 0 Å². The molecule has 0 aromatic heterocycles. The summed E-state index contributed by atoms with van der Waals surface area (Å²) >= 11 is 0. The van der Waals surface area contributed by atoms with Gasteiger partial charge < -0.3 is 5.11 Å². The van der Waals surface area contributed by atoms with Crippen molar-refractivity contribution in [1.29, 1.82) is 0 Å². The Morgan fingerprint density at radius 3 is 2.03 bits per heavy atom. The molecule has 6 rings (SSSR count). The summed E-state index contributed by atoms with van der Waals surface area (Å²) in [5, 5.41) is 10.9. The van der Waals surface area contributed by atoms with E-state index in [1.54, 1.807) is 0 Å². The SMILES string of the molecule is C[C@H](CC[C@]1(C)CC1(C)C)[C@H]1CC[C@@]2(C)[C@@H]3CC[C@H]4C(C)(C)[C@@H](O)CC[C@@]45C[C@@]35CC[C@]12C. The van der Waals surface area contributed by atoms with Crippen LogP contribution in [0.5, 0.6) is 0 Å². The summed E-state index contributed by atoms with van der Waals surface area (Å²) in [5.74, 6) is 3.52. The highest BCUT2D eigenvalue weighted by Gasteiger charge is 2.82. The third kappa shape index (κ3) is 2.60. The molecule has 6 aliphatic rings. The summed E-state index contributed by atoms with van der Waals surface area (Å²) in [6.07, 6.45) is 16.9. The summed E-state index contributed by atoms with van der Waals surface area (Å²) in [6.45, 7) is 20.5. The summed E-state index contributed by atoms with van der Waals surface area (Å²) < 4.78 is 0. The van der Waals surface area contributed by atoms with Crippen molar-refractivity contribution in [1.82, 2.24) is 0 Å². The topological polar surface area (TPSA) is 20.2 Å². The van der Waals surface area contributed by atoms with Gasteiger partial charge in [0.05, 0.1) is 6.10 Å². The molecule has 0 aromatic carbocycles. The van der Waals surface area contributed by atoms with Gasteiger partial charge in [0, 0.05) is 0 Å². The molecular formula is C32H54O. The van der Waals surface area contributed by atoms with Crippen LogP contribution in [0.25, 0.3) is 0 Å². The Kier molecular flexibility index (Phi) is 4.56. The predicted octanol–water partition coefficient (Wildman–Crippen LogP) is 8.64. The van der Waals surface area contributed by atoms with Gasteiger partial charge in [0.1, 0.15) is 0 Å². The number of fused-ring (bicyclic) bond motifs is 2. The van der Waals surface area contributed by atoms with E-state index in [0.29, 0.717) is 32.5 Å². The third-order valence-corrected chi connectivity index (χ3v) is 15.3. The molecule has 0 heterocycles. The molecule has 0 bridgehead atoms. The Balaban J connectivity index is 1.24. The molecule has 0 unspecified atom stereocenters. The van der Waals surface area contributed by atoms with Gasteiger partial charge in [0.25, 0.3) is 0 Å². The van der Waals surface area contributed by atoms with E-state index in [-0.39, 0.29) is 11.5 Å². The van der Waals surface area contributed by atoms with E-state index < -0.39 is 0 Å². The van der Waals surface area contributed by atoms with Crippen molar-refractivity contribution < 1.29 is 5.11 Å². The lowest BCUT2D eigenvalue weighted by molar-refractivity contribution is -0.161. The molecule has 6 aliphatic carbocycles. The first kappa shape index (κ1) is 23.4. The molecule has 0 amide bonds. The summed E-state index contributed by atoms with van der Waals surface area (Å²) in [6, 6.07) is 0. The molecule has 2 spiro atoms. The standard InChI is InChI=1S/C32H54O/c1-21(11-14-28(6)19-26(28,2)3)22-12-15-30(8)24-10-9-23-27(4,5)25(33)13-16-31(23)20-32(24,31)18-17-29(22,30)7/h21-25,33H,9-20H2,1-8H3/t21-,22-,23+,24+,25+,28-,29-,30+,31-,32+/m1/s1. The van der Waals surface area contributed by atoms with Crippen LogP contribution in [0.2, 0.25) is 0 Å². The molecule has 0 aromatic rings. The zero-order chi connectivity index (χ0) is 23.9. The first-order chi connectivity index (χ1) is 15.2. The van der Waals surface area contributed by atoms with Crippen LogP contribution < -0.4 is 0 Å². The maximum Gasteiger partial charge on any atom is 0.0594 e. The number of aliphatic hydroxyl groups is 1. The lowest BCUT2D eigenvalue weighted by Crippen LogP contribution is -2.57. The molecule has 0 saturated heterocycles. The van der Waals surface area contributed by atoms with E-state index in [0.717, 1.165) is 30.1 Å². The van der Waals surface area contributed by atoms with Gasteiger partial charge in [-0.15, -0.1) is 0 Å². The molecule has 1 N–H and O–H groups in total. The van der Waals surface area contributed by atoms with Crippen molar-refractivity contribution in [2.45, 2.75) is 139 Å². The van der Waals surface area contributed by atoms with Gasteiger partial charge in [-0.2, -0.15) is 0 Å². The van der Waals surface area contributed by atoms with Gasteiger partial charge in [0.15, 0.2) is 0 Å². The fourth-order valence-corrected chi connectivity index (χ4v) is 12.4. The second-order valence-electron chi connectivity index (χ2n) is 16.7. The Hall–Kier alpha value is -0.0400. The van der Waals surface area contributed by atoms with Gasteiger partial charge in [0.2, 0.25) is 0 Å². The van der Waals surface area contributed by atoms with Crippen molar-refractivity contribution >= 4 is 0 Å². The van der Waals surface area contributed by atoms with Crippen LogP contribution in [0, 0.1) is 61.6 Å². The molecule has 1 heteroatoms. The molecule has 6 fully saturated rings. The molecule has 0 radical (unpaired) electrons. The van der Waals surface area contributed by atoms with Crippen LogP contribution in [0.4, 0.5) is 0 Å². The fraction of sp³-hybridized carbons (Fsp3) is 1.00. The van der Waals surface area contributed by atoms with Crippen LogP contribution in [-0.4, -0.2) is 11.2 Å². The smallest absolute Gasteiger partial charge is 0.0594 e. The lowest BCUT2D eigenvalue weighted by atomic mass is 9.41. The minimum Gasteiger partial charge on any atom is -0.393 e. The van der Waals surface area contributed by atoms with Gasteiger partial charge in [-0.3, -0.25) is 0 Å². The fourth-order valence-electron chi connectivity index (χ4n) is 12.4. The Labute approximate surface area is 205 Å². The zero-order valence-electron chi connectivity index (χ0n) is 23.3. The van der Waals surface area contributed by atoms with Crippen LogP contribution in [0.15, 0.2) is 0 Å². The third-order valence-electron chi connectivity index (χ3n) is 15.3. The minimum atomic E-state index is -0.0817. The summed E-state index contributed by atoms with van der Waals surface area (Å²) in [5.41, 5.74) is 3.61. The Morgan fingerprint density at radius 2 is 1.36 bits per heavy atom. The maximum absolute atomic E-state index is 10.9. The van der Waals surface area contributed by atoms with Gasteiger partial charge in [-0.05, 0) is 139 Å². The number of aliphatic hydroxyl groups excluding tert-OH is 1. The van der Waals surface area contributed by atoms with E-state index in [2.05, 4.69) is 55.4 Å². The van der Waals surface area contributed by atoms with Crippen LogP contribution in [0.1, 0.15) is 132 Å². The van der Waals surface area contributed by atoms with Gasteiger partial charge in [-0.1, -0.05) is 55.4 Å². The average molecular weight is 455 g/mol. The van der Waals surface area contributed by atoms with Crippen molar-refractivity contribution in [3.8, 4) is 0 Å². The molecule has 33 heavy (non-hydrogen) atoms. The molecular weight excluding hydrogens is 400 g/mol. The molecule has 10 atom stereocenters. The van der Waals surface area contributed by atoms with Crippen molar-refractivity contribution in [2.75, 3.05) is 0 Å². The van der Waals surface area contributed by atoms with Crippen molar-refractivity contribution in [3.05, 3.63) is 0 Å². The van der Waals surface area contributed by atoms with Crippen LogP contribution in [0.3, 0.4) is 0 Å². The van der Waals surface area contributed by atoms with Gasteiger partial charge in [-0.25, -0.2) is 0 Å². The van der Waals surface area contributed by atoms with Crippen molar-refractivity contribution in [2.24, 2.45) is 61.6 Å². The first-order valence-corrected chi connectivity index (χ1v) is 14.9. The quantitative estimate of drug-likeness (QED) is 0.450. The van der Waals surface area contributed by atoms with Crippen molar-refractivity contribution in [3.63, 3.8) is 0 Å². The highest BCUT2D eigenvalue weighted by molar-refractivity contribution is 5.30. The number of hydrogen-bond donors (Lipinski definition) is 1. The Bertz CT molecular complexity index is 841. The number of rotatable bonds is 4. The van der Waals surface area contributed by atoms with E-state index in [4.69, 9.17) is 0 Å². The molecule has 0 aliphatic heterocycles. The number of hydrogen-bond acceptors (Lipinski definition) is 1. The molecule has 1 nitrogen and oxygen atoms in total. The van der Waals surface area contributed by atoms with E-state index in [1.165, 1.54) is 70.6 Å². The highest BCUT2D eigenvalue weighted by atomic mass is 16.3. The van der Waals surface area contributed by atoms with E-state index in [1.807, 2.05) is 0 Å². The van der Waals surface area contributed by atoms with Crippen LogP contribution >= 0.6 is 0 Å². The maximum atomic E-state index is 10.9. The highest BCUT2D eigenvalue weighted by Crippen LogP contribution is 2.89. The second-order valence-corrected chi connectivity index (χ2v) is 16.7. The molecule has 6 saturated carbocycles. The zero-order valence-corrected chi connectivity index (χ0v) is 23.3. The van der Waals surface area contributed by atoms with Crippen LogP contribution in [-0.2, 0) is 0 Å². The Morgan fingerprint density at radius 1 is 0.727 bits per heavy atom. The monoisotopic (exact) mass is 454 g/mol. The molecule has 188 valence electrons. The summed E-state index contributed by atoms with van der Waals surface area (Å²) in [7, 11) is 0. The normalized spacial score (nSPS) is 58.5.